The molecule has 0 aliphatic heterocycles. The summed E-state index contributed by atoms with van der Waals surface area (Å²) in [7, 11) is 0. The van der Waals surface area contributed by atoms with Gasteiger partial charge < -0.3 is 0 Å². The number of alkyl halides is 1. The van der Waals surface area contributed by atoms with Crippen molar-refractivity contribution in [1.82, 2.24) is 0 Å². The molecule has 0 aromatic rings. The minimum atomic E-state index is -0.612. The normalized spacial score (nSPS) is 34.1. The molecule has 3 unspecified atom stereocenters. The van der Waals surface area contributed by atoms with Crippen LogP contribution >= 0.6 is 0 Å². The second-order valence-corrected chi connectivity index (χ2v) is 6.41. The molecular weight excluding hydrogens is 199 g/mol. The van der Waals surface area contributed by atoms with Crippen molar-refractivity contribution < 1.29 is 4.39 Å². The van der Waals surface area contributed by atoms with Crippen LogP contribution in [0.2, 0.25) is 0 Å². The van der Waals surface area contributed by atoms with Gasteiger partial charge in [0.2, 0.25) is 0 Å². The molecule has 0 radical (unpaired) electrons. The molecule has 0 amide bonds. The third kappa shape index (κ3) is 3.46. The summed E-state index contributed by atoms with van der Waals surface area (Å²) in [6.07, 6.45) is 4.06. The summed E-state index contributed by atoms with van der Waals surface area (Å²) in [5.74, 6) is 3.44. The van der Waals surface area contributed by atoms with Gasteiger partial charge in [-0.3, -0.25) is 0 Å². The number of halogens is 1. The highest BCUT2D eigenvalue weighted by Crippen LogP contribution is 2.40. The first kappa shape index (κ1) is 14.0. The Bertz CT molecular complexity index is 178. The molecule has 1 saturated carbocycles. The zero-order valence-corrected chi connectivity index (χ0v) is 11.7. The van der Waals surface area contributed by atoms with Crippen LogP contribution in [-0.4, -0.2) is 6.17 Å². The fraction of sp³-hybridized carbons (Fsp3) is 1.00. The molecule has 1 rings (SSSR count). The quantitative estimate of drug-likeness (QED) is 0.591. The summed E-state index contributed by atoms with van der Waals surface area (Å²) in [6.45, 7) is 11.1. The lowest BCUT2D eigenvalue weighted by molar-refractivity contribution is 0.184. The fourth-order valence-electron chi connectivity index (χ4n) is 3.50. The first-order valence-electron chi connectivity index (χ1n) is 7.07. The molecule has 0 aromatic heterocycles. The topological polar surface area (TPSA) is 0 Å². The van der Waals surface area contributed by atoms with Crippen molar-refractivity contribution in [2.45, 2.75) is 66.5 Å². The maximum atomic E-state index is 13.4. The van der Waals surface area contributed by atoms with Gasteiger partial charge in [0, 0.05) is 0 Å². The van der Waals surface area contributed by atoms with Crippen molar-refractivity contribution in [1.29, 1.82) is 0 Å². The van der Waals surface area contributed by atoms with E-state index in [9.17, 15) is 4.39 Å². The highest BCUT2D eigenvalue weighted by atomic mass is 19.1. The lowest BCUT2D eigenvalue weighted by Crippen LogP contribution is -2.23. The van der Waals surface area contributed by atoms with Crippen LogP contribution in [0.25, 0.3) is 0 Å². The maximum absolute atomic E-state index is 13.4. The SMILES string of the molecule is CC(C)C1CCC(C(C)F)CCC1C(C)C. The largest absolute Gasteiger partial charge is 0.247 e. The summed E-state index contributed by atoms with van der Waals surface area (Å²) in [4.78, 5) is 0. The van der Waals surface area contributed by atoms with E-state index in [2.05, 4.69) is 27.7 Å². The van der Waals surface area contributed by atoms with Crippen molar-refractivity contribution in [3.8, 4) is 0 Å². The van der Waals surface area contributed by atoms with Crippen LogP contribution in [0.5, 0.6) is 0 Å². The Morgan fingerprint density at radius 2 is 1.12 bits per heavy atom. The van der Waals surface area contributed by atoms with Crippen molar-refractivity contribution >= 4 is 0 Å². The van der Waals surface area contributed by atoms with Gasteiger partial charge in [0.1, 0.15) is 6.17 Å². The molecule has 0 spiro atoms. The number of hydrogen-bond acceptors (Lipinski definition) is 0. The molecule has 0 nitrogen and oxygen atoms in total. The van der Waals surface area contributed by atoms with E-state index >= 15 is 0 Å². The Hall–Kier alpha value is -0.0700. The van der Waals surface area contributed by atoms with Crippen molar-refractivity contribution in [2.24, 2.45) is 29.6 Å². The predicted octanol–water partition coefficient (Wildman–Crippen LogP) is 5.08. The van der Waals surface area contributed by atoms with Gasteiger partial charge >= 0.3 is 0 Å². The van der Waals surface area contributed by atoms with Gasteiger partial charge in [0.25, 0.3) is 0 Å². The van der Waals surface area contributed by atoms with Crippen LogP contribution in [0.3, 0.4) is 0 Å². The van der Waals surface area contributed by atoms with Gasteiger partial charge in [-0.1, -0.05) is 27.7 Å². The highest BCUT2D eigenvalue weighted by Gasteiger charge is 2.32. The Morgan fingerprint density at radius 3 is 1.38 bits per heavy atom. The average Bonchev–Trinajstić information content (AvgIpc) is 2.38. The maximum Gasteiger partial charge on any atom is 0.100 e. The molecule has 0 N–H and O–H groups in total. The van der Waals surface area contributed by atoms with E-state index in [0.717, 1.165) is 36.5 Å². The molecule has 1 aliphatic carbocycles. The molecule has 1 aliphatic rings. The Labute approximate surface area is 101 Å². The third-order valence-electron chi connectivity index (χ3n) is 4.65. The lowest BCUT2D eigenvalue weighted by atomic mass is 9.74. The minimum absolute atomic E-state index is 0.324. The highest BCUT2D eigenvalue weighted by molar-refractivity contribution is 4.82. The molecule has 1 heteroatoms. The van der Waals surface area contributed by atoms with E-state index < -0.39 is 6.17 Å². The van der Waals surface area contributed by atoms with Gasteiger partial charge in [-0.15, -0.1) is 0 Å². The molecule has 0 heterocycles. The molecule has 0 aromatic carbocycles. The standard InChI is InChI=1S/C15H29F/c1-10(2)14-8-6-13(12(5)16)7-9-15(14)11(3)4/h10-15H,6-9H2,1-5H3. The molecule has 96 valence electrons. The van der Waals surface area contributed by atoms with Crippen molar-refractivity contribution in [3.63, 3.8) is 0 Å². The summed E-state index contributed by atoms with van der Waals surface area (Å²) in [6, 6.07) is 0. The van der Waals surface area contributed by atoms with Crippen molar-refractivity contribution in [3.05, 3.63) is 0 Å². The zero-order valence-electron chi connectivity index (χ0n) is 11.7. The summed E-state index contributed by atoms with van der Waals surface area (Å²) < 4.78 is 13.4. The Kier molecular flexibility index (Phi) is 5.27. The van der Waals surface area contributed by atoms with Crippen LogP contribution in [0.4, 0.5) is 4.39 Å². The van der Waals surface area contributed by atoms with Gasteiger partial charge in [-0.25, -0.2) is 4.39 Å². The predicted molar refractivity (Wildman–Crippen MR) is 69.2 cm³/mol. The smallest absolute Gasteiger partial charge is 0.100 e. The van der Waals surface area contributed by atoms with Crippen LogP contribution in [0.15, 0.2) is 0 Å². The third-order valence-corrected chi connectivity index (χ3v) is 4.65. The summed E-state index contributed by atoms with van der Waals surface area (Å²) in [5.41, 5.74) is 0. The van der Waals surface area contributed by atoms with Crippen molar-refractivity contribution in [2.75, 3.05) is 0 Å². The van der Waals surface area contributed by atoms with E-state index in [1.807, 2.05) is 0 Å². The first-order valence-corrected chi connectivity index (χ1v) is 7.07. The molecule has 16 heavy (non-hydrogen) atoms. The Balaban J connectivity index is 2.69. The zero-order chi connectivity index (χ0) is 12.3. The van der Waals surface area contributed by atoms with Gasteiger partial charge in [-0.2, -0.15) is 0 Å². The minimum Gasteiger partial charge on any atom is -0.247 e. The molecule has 3 atom stereocenters. The summed E-state index contributed by atoms with van der Waals surface area (Å²) >= 11 is 0. The second-order valence-electron chi connectivity index (χ2n) is 6.41. The summed E-state index contributed by atoms with van der Waals surface area (Å²) in [5, 5.41) is 0. The second kappa shape index (κ2) is 6.02. The lowest BCUT2D eigenvalue weighted by Gasteiger charge is -2.31. The average molecular weight is 228 g/mol. The number of rotatable bonds is 3. The number of hydrogen-bond donors (Lipinski definition) is 0. The molecule has 1 fully saturated rings. The van der Waals surface area contributed by atoms with E-state index in [1.54, 1.807) is 6.92 Å². The molecule has 0 saturated heterocycles. The van der Waals surface area contributed by atoms with Gasteiger partial charge in [0.15, 0.2) is 0 Å². The van der Waals surface area contributed by atoms with Crippen LogP contribution < -0.4 is 0 Å². The van der Waals surface area contributed by atoms with E-state index in [4.69, 9.17) is 0 Å². The molecule has 0 bridgehead atoms. The first-order chi connectivity index (χ1) is 7.43. The van der Waals surface area contributed by atoms with E-state index in [1.165, 1.54) is 12.8 Å². The van der Waals surface area contributed by atoms with Crippen LogP contribution in [0, 0.1) is 29.6 Å². The van der Waals surface area contributed by atoms with E-state index in [0.29, 0.717) is 5.92 Å². The van der Waals surface area contributed by atoms with Crippen LogP contribution in [0.1, 0.15) is 60.3 Å². The van der Waals surface area contributed by atoms with Gasteiger partial charge in [-0.05, 0) is 62.2 Å². The monoisotopic (exact) mass is 228 g/mol. The molecular formula is C15H29F. The van der Waals surface area contributed by atoms with Crippen LogP contribution in [-0.2, 0) is 0 Å². The van der Waals surface area contributed by atoms with E-state index in [-0.39, 0.29) is 0 Å². The Morgan fingerprint density at radius 1 is 0.750 bits per heavy atom. The van der Waals surface area contributed by atoms with Gasteiger partial charge in [0.05, 0.1) is 0 Å². The fourth-order valence-corrected chi connectivity index (χ4v) is 3.50.